The lowest BCUT2D eigenvalue weighted by atomic mass is 9.94. The number of aliphatic hydroxyl groups excluding tert-OH is 1. The third kappa shape index (κ3) is 4.16. The van der Waals surface area contributed by atoms with Crippen LogP contribution in [0.5, 0.6) is 0 Å². The molecule has 1 aliphatic rings. The summed E-state index contributed by atoms with van der Waals surface area (Å²) in [7, 11) is 0. The molecule has 0 saturated carbocycles. The number of piperidine rings is 1. The van der Waals surface area contributed by atoms with Gasteiger partial charge in [0.05, 0.1) is 13.2 Å². The molecule has 23 heavy (non-hydrogen) atoms. The molecule has 1 saturated heterocycles. The van der Waals surface area contributed by atoms with E-state index in [0.717, 1.165) is 19.6 Å². The van der Waals surface area contributed by atoms with Gasteiger partial charge in [0.2, 0.25) is 0 Å². The van der Waals surface area contributed by atoms with Crippen molar-refractivity contribution in [3.8, 4) is 0 Å². The normalized spacial score (nSPS) is 19.1. The summed E-state index contributed by atoms with van der Waals surface area (Å²) in [5, 5.41) is 13.5. The summed E-state index contributed by atoms with van der Waals surface area (Å²) in [4.78, 5) is 3.86. The van der Waals surface area contributed by atoms with E-state index in [1.807, 2.05) is 10.9 Å². The van der Waals surface area contributed by atoms with Crippen LogP contribution in [0.15, 0.2) is 41.4 Å². The number of thioether (sulfide) groups is 1. The predicted molar refractivity (Wildman–Crippen MR) is 94.8 cm³/mol. The Kier molecular flexibility index (Phi) is 5.75. The van der Waals surface area contributed by atoms with Crippen molar-refractivity contribution in [1.82, 2.24) is 14.7 Å². The van der Waals surface area contributed by atoms with Crippen LogP contribution in [0.25, 0.3) is 0 Å². The lowest BCUT2D eigenvalue weighted by Gasteiger charge is -2.33. The average molecular weight is 331 g/mol. The molecule has 1 unspecified atom stereocenters. The van der Waals surface area contributed by atoms with E-state index in [9.17, 15) is 5.11 Å². The number of benzene rings is 1. The van der Waals surface area contributed by atoms with Crippen LogP contribution in [0.4, 0.5) is 0 Å². The van der Waals surface area contributed by atoms with E-state index in [4.69, 9.17) is 0 Å². The molecule has 4 nitrogen and oxygen atoms in total. The van der Waals surface area contributed by atoms with E-state index in [-0.39, 0.29) is 6.61 Å². The van der Waals surface area contributed by atoms with Crippen molar-refractivity contribution in [3.63, 3.8) is 0 Å². The Morgan fingerprint density at radius 3 is 2.83 bits per heavy atom. The predicted octanol–water partition coefficient (Wildman–Crippen LogP) is 2.98. The van der Waals surface area contributed by atoms with E-state index >= 15 is 0 Å². The SMILES string of the molecule is CSc1ccc(CN2CCCC(c3ccnn3CCO)C2)cc1. The number of aromatic nitrogens is 2. The Labute approximate surface area is 142 Å². The third-order valence-corrected chi connectivity index (χ3v) is 5.29. The summed E-state index contributed by atoms with van der Waals surface area (Å²) >= 11 is 1.78. The quantitative estimate of drug-likeness (QED) is 0.826. The van der Waals surface area contributed by atoms with Crippen molar-refractivity contribution in [2.45, 2.75) is 36.7 Å². The molecule has 1 fully saturated rings. The topological polar surface area (TPSA) is 41.3 Å². The fraction of sp³-hybridized carbons (Fsp3) is 0.500. The molecular weight excluding hydrogens is 306 g/mol. The van der Waals surface area contributed by atoms with Crippen LogP contribution in [0.1, 0.15) is 30.0 Å². The molecule has 1 N–H and O–H groups in total. The average Bonchev–Trinajstić information content (AvgIpc) is 3.04. The van der Waals surface area contributed by atoms with Crippen LogP contribution < -0.4 is 0 Å². The zero-order valence-electron chi connectivity index (χ0n) is 13.7. The van der Waals surface area contributed by atoms with Gasteiger partial charge < -0.3 is 5.11 Å². The first-order chi connectivity index (χ1) is 11.3. The van der Waals surface area contributed by atoms with Crippen LogP contribution in [-0.2, 0) is 13.1 Å². The third-order valence-electron chi connectivity index (χ3n) is 4.55. The zero-order valence-corrected chi connectivity index (χ0v) is 14.5. The Morgan fingerprint density at radius 2 is 2.09 bits per heavy atom. The Hall–Kier alpha value is -1.30. The minimum absolute atomic E-state index is 0.146. The molecule has 0 bridgehead atoms. The molecule has 0 radical (unpaired) electrons. The van der Waals surface area contributed by atoms with Crippen LogP contribution in [0.2, 0.25) is 0 Å². The smallest absolute Gasteiger partial charge is 0.0644 e. The molecule has 1 aliphatic heterocycles. The minimum Gasteiger partial charge on any atom is -0.394 e. The van der Waals surface area contributed by atoms with Gasteiger partial charge in [-0.25, -0.2) is 0 Å². The van der Waals surface area contributed by atoms with Gasteiger partial charge in [0.15, 0.2) is 0 Å². The van der Waals surface area contributed by atoms with Gasteiger partial charge in [-0.15, -0.1) is 11.8 Å². The molecule has 2 heterocycles. The standard InChI is InChI=1S/C18H25N3OS/c1-23-17-6-4-15(5-7-17)13-20-10-2-3-16(14-20)18-8-9-19-21(18)11-12-22/h4-9,16,22H,2-3,10-14H2,1H3. The maximum absolute atomic E-state index is 9.18. The number of hydrogen-bond donors (Lipinski definition) is 1. The van der Waals surface area contributed by atoms with E-state index in [2.05, 4.69) is 46.6 Å². The van der Waals surface area contributed by atoms with Gasteiger partial charge in [-0.2, -0.15) is 5.10 Å². The lowest BCUT2D eigenvalue weighted by molar-refractivity contribution is 0.193. The highest BCUT2D eigenvalue weighted by Gasteiger charge is 2.23. The summed E-state index contributed by atoms with van der Waals surface area (Å²) in [6.45, 7) is 3.98. The van der Waals surface area contributed by atoms with Crippen molar-refractivity contribution in [3.05, 3.63) is 47.8 Å². The lowest BCUT2D eigenvalue weighted by Crippen LogP contribution is -2.34. The first-order valence-electron chi connectivity index (χ1n) is 8.28. The highest BCUT2D eigenvalue weighted by molar-refractivity contribution is 7.98. The van der Waals surface area contributed by atoms with Crippen LogP contribution in [0, 0.1) is 0 Å². The van der Waals surface area contributed by atoms with Crippen LogP contribution in [0.3, 0.4) is 0 Å². The summed E-state index contributed by atoms with van der Waals surface area (Å²) < 4.78 is 1.96. The Bertz CT molecular complexity index is 611. The second kappa shape index (κ2) is 7.99. The number of rotatable bonds is 6. The maximum atomic E-state index is 9.18. The maximum Gasteiger partial charge on any atom is 0.0644 e. The van der Waals surface area contributed by atoms with Crippen molar-refractivity contribution in [1.29, 1.82) is 0 Å². The zero-order chi connectivity index (χ0) is 16.1. The summed E-state index contributed by atoms with van der Waals surface area (Å²) in [6.07, 6.45) is 6.39. The first kappa shape index (κ1) is 16.6. The second-order valence-electron chi connectivity index (χ2n) is 6.13. The number of nitrogens with zero attached hydrogens (tertiary/aromatic N) is 3. The summed E-state index contributed by atoms with van der Waals surface area (Å²) in [5.41, 5.74) is 2.65. The van der Waals surface area contributed by atoms with Gasteiger partial charge in [0.25, 0.3) is 0 Å². The number of hydrogen-bond acceptors (Lipinski definition) is 4. The highest BCUT2D eigenvalue weighted by atomic mass is 32.2. The van der Waals surface area contributed by atoms with Gasteiger partial charge >= 0.3 is 0 Å². The van der Waals surface area contributed by atoms with Gasteiger partial charge in [-0.1, -0.05) is 12.1 Å². The van der Waals surface area contributed by atoms with Gasteiger partial charge in [0.1, 0.15) is 0 Å². The molecular formula is C18H25N3OS. The molecule has 124 valence electrons. The molecule has 2 aromatic rings. The Balaban J connectivity index is 1.64. The van der Waals surface area contributed by atoms with Gasteiger partial charge in [-0.3, -0.25) is 9.58 Å². The minimum atomic E-state index is 0.146. The summed E-state index contributed by atoms with van der Waals surface area (Å²) in [5.74, 6) is 0.517. The molecule has 5 heteroatoms. The van der Waals surface area contributed by atoms with Gasteiger partial charge in [0, 0.05) is 35.8 Å². The molecule has 0 amide bonds. The van der Waals surface area contributed by atoms with E-state index in [1.165, 1.54) is 29.0 Å². The van der Waals surface area contributed by atoms with E-state index in [1.54, 1.807) is 11.8 Å². The van der Waals surface area contributed by atoms with E-state index in [0.29, 0.717) is 12.5 Å². The molecule has 1 atom stereocenters. The fourth-order valence-electron chi connectivity index (χ4n) is 3.40. The Morgan fingerprint density at radius 1 is 1.26 bits per heavy atom. The molecule has 1 aromatic heterocycles. The second-order valence-corrected chi connectivity index (χ2v) is 7.00. The van der Waals surface area contributed by atoms with Crippen LogP contribution >= 0.6 is 11.8 Å². The van der Waals surface area contributed by atoms with Crippen molar-refractivity contribution >= 4 is 11.8 Å². The van der Waals surface area contributed by atoms with Crippen molar-refractivity contribution < 1.29 is 5.11 Å². The molecule has 0 aliphatic carbocycles. The highest BCUT2D eigenvalue weighted by Crippen LogP contribution is 2.28. The number of aliphatic hydroxyl groups is 1. The van der Waals surface area contributed by atoms with Gasteiger partial charge in [-0.05, 0) is 49.4 Å². The molecule has 0 spiro atoms. The first-order valence-corrected chi connectivity index (χ1v) is 9.50. The number of likely N-dealkylation sites (tertiary alicyclic amines) is 1. The summed E-state index contributed by atoms with van der Waals surface area (Å²) in [6, 6.07) is 11.0. The monoisotopic (exact) mass is 331 g/mol. The molecule has 3 rings (SSSR count). The van der Waals surface area contributed by atoms with Crippen molar-refractivity contribution in [2.75, 3.05) is 26.0 Å². The fourth-order valence-corrected chi connectivity index (χ4v) is 3.81. The van der Waals surface area contributed by atoms with E-state index < -0.39 is 0 Å². The molecule has 1 aromatic carbocycles. The largest absolute Gasteiger partial charge is 0.394 e. The van der Waals surface area contributed by atoms with Crippen LogP contribution in [-0.4, -0.2) is 45.7 Å². The van der Waals surface area contributed by atoms with Crippen molar-refractivity contribution in [2.24, 2.45) is 0 Å².